The lowest BCUT2D eigenvalue weighted by atomic mass is 9.92. The molecule has 2 N–H and O–H groups in total. The molecule has 2 aromatic rings. The molecule has 0 bridgehead atoms. The summed E-state index contributed by atoms with van der Waals surface area (Å²) in [5.41, 5.74) is 5.71. The summed E-state index contributed by atoms with van der Waals surface area (Å²) in [5, 5.41) is 4.86. The van der Waals surface area contributed by atoms with Crippen molar-refractivity contribution in [3.8, 4) is 22.0 Å². The van der Waals surface area contributed by atoms with Crippen molar-refractivity contribution < 1.29 is 0 Å². The minimum absolute atomic E-state index is 0.498. The molecule has 4 heterocycles. The Balaban J connectivity index is 1.55. The van der Waals surface area contributed by atoms with Gasteiger partial charge < -0.3 is 10.3 Å². The molecule has 0 aliphatic carbocycles. The van der Waals surface area contributed by atoms with E-state index >= 15 is 0 Å². The Morgan fingerprint density at radius 3 is 2.89 bits per heavy atom. The largest absolute Gasteiger partial charge is 0.342 e. The third-order valence-electron chi connectivity index (χ3n) is 5.72. The van der Waals surface area contributed by atoms with E-state index in [1.54, 1.807) is 0 Å². The van der Waals surface area contributed by atoms with E-state index in [0.717, 1.165) is 42.3 Å². The molecule has 0 amide bonds. The van der Waals surface area contributed by atoms with Crippen LogP contribution in [0.15, 0.2) is 30.5 Å². The van der Waals surface area contributed by atoms with Gasteiger partial charge in [0.25, 0.3) is 0 Å². The first kappa shape index (κ1) is 16.9. The highest BCUT2D eigenvalue weighted by atomic mass is 32.1. The number of rotatable bonds is 2. The highest BCUT2D eigenvalue weighted by Crippen LogP contribution is 2.40. The van der Waals surface area contributed by atoms with Crippen LogP contribution in [0.4, 0.5) is 0 Å². The van der Waals surface area contributed by atoms with Crippen LogP contribution >= 0.6 is 11.3 Å². The summed E-state index contributed by atoms with van der Waals surface area (Å²) in [5.74, 6) is 1.59. The Kier molecular flexibility index (Phi) is 4.02. The zero-order chi connectivity index (χ0) is 18.5. The number of aromatic amines is 1. The molecule has 3 aliphatic heterocycles. The number of nitrogens with zero attached hydrogens (tertiary/aromatic N) is 2. The van der Waals surface area contributed by atoms with Crippen LogP contribution in [-0.4, -0.2) is 27.5 Å². The van der Waals surface area contributed by atoms with Crippen LogP contribution in [0.2, 0.25) is 0 Å². The van der Waals surface area contributed by atoms with Crippen molar-refractivity contribution in [3.05, 3.63) is 47.4 Å². The molecule has 1 fully saturated rings. The van der Waals surface area contributed by atoms with Crippen molar-refractivity contribution in [2.45, 2.75) is 45.6 Å². The van der Waals surface area contributed by atoms with Gasteiger partial charge in [0.15, 0.2) is 0 Å². The third-order valence-corrected chi connectivity index (χ3v) is 7.02. The number of piperidine rings is 1. The summed E-state index contributed by atoms with van der Waals surface area (Å²) in [4.78, 5) is 14.4. The van der Waals surface area contributed by atoms with Crippen LogP contribution in [0.5, 0.6) is 0 Å². The van der Waals surface area contributed by atoms with Gasteiger partial charge in [-0.05, 0) is 63.2 Å². The lowest BCUT2D eigenvalue weighted by molar-refractivity contribution is 0.371. The van der Waals surface area contributed by atoms with Gasteiger partial charge in [0.1, 0.15) is 11.5 Å². The molecule has 1 aromatic heterocycles. The zero-order valence-electron chi connectivity index (χ0n) is 16.0. The Labute approximate surface area is 163 Å². The van der Waals surface area contributed by atoms with Crippen LogP contribution in [0.3, 0.4) is 0 Å². The van der Waals surface area contributed by atoms with Crippen molar-refractivity contribution in [3.63, 3.8) is 0 Å². The van der Waals surface area contributed by atoms with Gasteiger partial charge in [-0.15, -0.1) is 11.3 Å². The molecule has 0 radical (unpaired) electrons. The lowest BCUT2D eigenvalue weighted by Gasteiger charge is -2.27. The molecule has 138 valence electrons. The Morgan fingerprint density at radius 2 is 2.04 bits per heavy atom. The number of aromatic nitrogens is 3. The predicted octanol–water partition coefficient (Wildman–Crippen LogP) is 5.26. The van der Waals surface area contributed by atoms with Crippen molar-refractivity contribution in [1.82, 2.24) is 20.3 Å². The van der Waals surface area contributed by atoms with Gasteiger partial charge in [0, 0.05) is 16.7 Å². The van der Waals surface area contributed by atoms with Crippen LogP contribution in [-0.2, 0) is 0 Å². The van der Waals surface area contributed by atoms with Crippen LogP contribution in [0.1, 0.15) is 42.6 Å². The molecular formula is C22H24N4S. The Bertz CT molecular complexity index is 1090. The Hall–Kier alpha value is -2.24. The first-order valence-corrected chi connectivity index (χ1v) is 10.5. The first-order valence-electron chi connectivity index (χ1n) is 9.67. The van der Waals surface area contributed by atoms with E-state index in [-0.39, 0.29) is 0 Å². The fourth-order valence-corrected chi connectivity index (χ4v) is 5.37. The number of nitrogens with one attached hydrogen (secondary N) is 2. The molecule has 1 aromatic carbocycles. The zero-order valence-corrected chi connectivity index (χ0v) is 16.8. The van der Waals surface area contributed by atoms with Crippen LogP contribution in [0, 0.1) is 13.8 Å². The fourth-order valence-electron chi connectivity index (χ4n) is 4.22. The summed E-state index contributed by atoms with van der Waals surface area (Å²) < 4.78 is 1.33. The monoisotopic (exact) mass is 376 g/mol. The summed E-state index contributed by atoms with van der Waals surface area (Å²) in [6.07, 6.45) is 4.20. The molecule has 27 heavy (non-hydrogen) atoms. The maximum Gasteiger partial charge on any atom is 0.109 e. The van der Waals surface area contributed by atoms with E-state index < -0.39 is 0 Å². The quantitative estimate of drug-likeness (QED) is 0.501. The lowest BCUT2D eigenvalue weighted by Crippen LogP contribution is -2.35. The standard InChI is InChI=1S/C22H24N4S/c1-12-4-5-20-16(8-12)14(3)21(27-20)18-10-17-19(25-18)11-24-22(26-17)15-6-7-23-13(2)9-15/h4-5,8,10-11,13,15,23H,6-7,9H2,1-3H3,(H,24,26). The van der Waals surface area contributed by atoms with Gasteiger partial charge >= 0.3 is 0 Å². The van der Waals surface area contributed by atoms with Crippen molar-refractivity contribution in [2.75, 3.05) is 6.54 Å². The molecule has 5 rings (SSSR count). The first-order chi connectivity index (χ1) is 13.1. The van der Waals surface area contributed by atoms with Gasteiger partial charge in [-0.25, -0.2) is 9.97 Å². The van der Waals surface area contributed by atoms with E-state index in [1.807, 2.05) is 17.5 Å². The number of benzene rings is 1. The van der Waals surface area contributed by atoms with E-state index in [1.165, 1.54) is 26.1 Å². The number of fused-ring (bicyclic) bond motifs is 2. The topological polar surface area (TPSA) is 53.6 Å². The van der Waals surface area contributed by atoms with Gasteiger partial charge in [0.2, 0.25) is 0 Å². The molecule has 3 aliphatic rings. The van der Waals surface area contributed by atoms with Crippen molar-refractivity contribution in [1.29, 1.82) is 0 Å². The number of hydrogen-bond donors (Lipinski definition) is 2. The van der Waals surface area contributed by atoms with E-state index in [9.17, 15) is 0 Å². The number of H-pyrrole nitrogens is 1. The number of aryl methyl sites for hydroxylation is 2. The Morgan fingerprint density at radius 1 is 1.15 bits per heavy atom. The van der Waals surface area contributed by atoms with E-state index in [2.05, 4.69) is 55.3 Å². The minimum Gasteiger partial charge on any atom is -0.342 e. The molecule has 4 nitrogen and oxygen atoms in total. The maximum absolute atomic E-state index is 4.87. The van der Waals surface area contributed by atoms with Gasteiger partial charge in [-0.3, -0.25) is 0 Å². The normalized spacial score (nSPS) is 20.6. The second kappa shape index (κ2) is 6.43. The summed E-state index contributed by atoms with van der Waals surface area (Å²) in [6, 6.07) is 9.42. The molecule has 0 saturated carbocycles. The van der Waals surface area contributed by atoms with Crippen LogP contribution < -0.4 is 5.32 Å². The van der Waals surface area contributed by atoms with Crippen molar-refractivity contribution >= 4 is 21.4 Å². The molecule has 2 unspecified atom stereocenters. The van der Waals surface area contributed by atoms with E-state index in [4.69, 9.17) is 9.97 Å². The predicted molar refractivity (Wildman–Crippen MR) is 113 cm³/mol. The second-order valence-corrected chi connectivity index (χ2v) is 8.89. The minimum atomic E-state index is 0.498. The third kappa shape index (κ3) is 2.95. The summed E-state index contributed by atoms with van der Waals surface area (Å²) in [7, 11) is 0. The van der Waals surface area contributed by atoms with Gasteiger partial charge in [-0.2, -0.15) is 0 Å². The molecule has 1 saturated heterocycles. The van der Waals surface area contributed by atoms with Gasteiger partial charge in [-0.1, -0.05) is 17.7 Å². The highest BCUT2D eigenvalue weighted by molar-refractivity contribution is 7.22. The second-order valence-electron chi connectivity index (χ2n) is 7.84. The van der Waals surface area contributed by atoms with E-state index in [0.29, 0.717) is 12.0 Å². The molecular weight excluding hydrogens is 352 g/mol. The molecule has 2 atom stereocenters. The maximum atomic E-state index is 4.87. The fraction of sp³-hybridized carbons (Fsp3) is 0.364. The summed E-state index contributed by atoms with van der Waals surface area (Å²) >= 11 is 1.83. The van der Waals surface area contributed by atoms with Gasteiger partial charge in [0.05, 0.1) is 22.5 Å². The van der Waals surface area contributed by atoms with Crippen LogP contribution in [0.25, 0.3) is 32.0 Å². The number of thiophene rings is 1. The SMILES string of the molecule is Cc1ccc2sc(-c3cc4[nH]c(C5CCNC(C)C5)ncc-4n3)c(C)c2c1. The number of hydrogen-bond acceptors (Lipinski definition) is 4. The molecule has 0 spiro atoms. The summed E-state index contributed by atoms with van der Waals surface area (Å²) in [6.45, 7) is 7.66. The van der Waals surface area contributed by atoms with Crippen molar-refractivity contribution in [2.24, 2.45) is 0 Å². The average Bonchev–Trinajstić information content (AvgIpc) is 3.22. The average molecular weight is 377 g/mol. The molecule has 5 heteroatoms. The smallest absolute Gasteiger partial charge is 0.109 e. The highest BCUT2D eigenvalue weighted by Gasteiger charge is 2.23.